The van der Waals surface area contributed by atoms with Crippen molar-refractivity contribution in [1.82, 2.24) is 15.5 Å². The van der Waals surface area contributed by atoms with Crippen LogP contribution in [0.25, 0.3) is 0 Å². The minimum Gasteiger partial charge on any atom is -0.467 e. The summed E-state index contributed by atoms with van der Waals surface area (Å²) in [7, 11) is 0. The molecule has 0 spiro atoms. The summed E-state index contributed by atoms with van der Waals surface area (Å²) in [5.74, 6) is 0.144. The zero-order valence-electron chi connectivity index (χ0n) is 17.5. The molecule has 0 saturated carbocycles. The number of nitrogens with zero attached hydrogens (tertiary/aromatic N) is 1. The van der Waals surface area contributed by atoms with Gasteiger partial charge in [0.1, 0.15) is 11.8 Å². The second-order valence-corrected chi connectivity index (χ2v) is 7.93. The molecule has 0 aliphatic carbocycles. The zero-order valence-corrected chi connectivity index (χ0v) is 17.5. The van der Waals surface area contributed by atoms with Crippen molar-refractivity contribution < 1.29 is 18.8 Å². The Labute approximate surface area is 176 Å². The van der Waals surface area contributed by atoms with Gasteiger partial charge in [-0.05, 0) is 43.0 Å². The predicted molar refractivity (Wildman–Crippen MR) is 112 cm³/mol. The van der Waals surface area contributed by atoms with Gasteiger partial charge < -0.3 is 20.0 Å². The Morgan fingerprint density at radius 3 is 2.37 bits per heavy atom. The Kier molecular flexibility index (Phi) is 7.27. The minimum absolute atomic E-state index is 0.0493. The first-order valence-electron chi connectivity index (χ1n) is 10.4. The SMILES string of the molecule is CC(C)C(=O)N1CCC([C@@H](NC(=O)c2ccccc2)C(=O)NCc2ccco2)CC1. The molecule has 30 heavy (non-hydrogen) atoms. The summed E-state index contributed by atoms with van der Waals surface area (Å²) in [6.45, 7) is 5.21. The van der Waals surface area contributed by atoms with Gasteiger partial charge in [0.25, 0.3) is 5.91 Å². The quantitative estimate of drug-likeness (QED) is 0.733. The molecule has 2 aromatic rings. The van der Waals surface area contributed by atoms with Crippen molar-refractivity contribution in [2.45, 2.75) is 39.3 Å². The third kappa shape index (κ3) is 5.49. The third-order valence-electron chi connectivity index (χ3n) is 5.44. The maximum absolute atomic E-state index is 13.0. The molecule has 1 fully saturated rings. The summed E-state index contributed by atoms with van der Waals surface area (Å²) in [6, 6.07) is 11.7. The summed E-state index contributed by atoms with van der Waals surface area (Å²) in [5.41, 5.74) is 0.508. The highest BCUT2D eigenvalue weighted by Gasteiger charge is 2.34. The lowest BCUT2D eigenvalue weighted by Crippen LogP contribution is -2.54. The topological polar surface area (TPSA) is 91.7 Å². The second-order valence-electron chi connectivity index (χ2n) is 7.93. The van der Waals surface area contributed by atoms with Crippen LogP contribution < -0.4 is 10.6 Å². The highest BCUT2D eigenvalue weighted by atomic mass is 16.3. The molecule has 1 atom stereocenters. The maximum Gasteiger partial charge on any atom is 0.251 e. The van der Waals surface area contributed by atoms with Crippen molar-refractivity contribution in [3.05, 3.63) is 60.1 Å². The summed E-state index contributed by atoms with van der Waals surface area (Å²) in [4.78, 5) is 39.8. The molecule has 1 aromatic carbocycles. The first-order chi connectivity index (χ1) is 14.5. The highest BCUT2D eigenvalue weighted by molar-refractivity contribution is 5.97. The lowest BCUT2D eigenvalue weighted by atomic mass is 9.88. The van der Waals surface area contributed by atoms with E-state index in [4.69, 9.17) is 4.42 Å². The van der Waals surface area contributed by atoms with E-state index >= 15 is 0 Å². The molecular formula is C23H29N3O4. The van der Waals surface area contributed by atoms with E-state index in [2.05, 4.69) is 10.6 Å². The largest absolute Gasteiger partial charge is 0.467 e. The zero-order chi connectivity index (χ0) is 21.5. The van der Waals surface area contributed by atoms with Gasteiger partial charge in [-0.3, -0.25) is 14.4 Å². The second kappa shape index (κ2) is 10.1. The number of nitrogens with one attached hydrogen (secondary N) is 2. The molecule has 160 valence electrons. The molecular weight excluding hydrogens is 382 g/mol. The average molecular weight is 412 g/mol. The van der Waals surface area contributed by atoms with E-state index < -0.39 is 6.04 Å². The number of carbonyl (C=O) groups is 3. The summed E-state index contributed by atoms with van der Waals surface area (Å²) >= 11 is 0. The van der Waals surface area contributed by atoms with Gasteiger partial charge in [-0.25, -0.2) is 0 Å². The van der Waals surface area contributed by atoms with Crippen LogP contribution in [0.15, 0.2) is 53.1 Å². The van der Waals surface area contributed by atoms with Crippen LogP contribution in [0.1, 0.15) is 42.8 Å². The van der Waals surface area contributed by atoms with Crippen LogP contribution in [0.3, 0.4) is 0 Å². The van der Waals surface area contributed by atoms with E-state index in [-0.39, 0.29) is 36.1 Å². The molecule has 2 heterocycles. The van der Waals surface area contributed by atoms with Crippen molar-refractivity contribution in [1.29, 1.82) is 0 Å². The van der Waals surface area contributed by atoms with Gasteiger partial charge in [0, 0.05) is 24.6 Å². The molecule has 0 radical (unpaired) electrons. The van der Waals surface area contributed by atoms with Gasteiger partial charge in [0.15, 0.2) is 0 Å². The normalized spacial score (nSPS) is 15.6. The smallest absolute Gasteiger partial charge is 0.251 e. The van der Waals surface area contributed by atoms with Gasteiger partial charge in [0.2, 0.25) is 11.8 Å². The van der Waals surface area contributed by atoms with Crippen LogP contribution in [0.2, 0.25) is 0 Å². The number of likely N-dealkylation sites (tertiary alicyclic amines) is 1. The van der Waals surface area contributed by atoms with Crippen LogP contribution in [0, 0.1) is 11.8 Å². The fourth-order valence-electron chi connectivity index (χ4n) is 3.73. The average Bonchev–Trinajstić information content (AvgIpc) is 3.29. The van der Waals surface area contributed by atoms with Crippen molar-refractivity contribution in [2.75, 3.05) is 13.1 Å². The first-order valence-corrected chi connectivity index (χ1v) is 10.4. The number of benzene rings is 1. The molecule has 1 aromatic heterocycles. The number of piperidine rings is 1. The van der Waals surface area contributed by atoms with Crippen molar-refractivity contribution in [2.24, 2.45) is 11.8 Å². The monoisotopic (exact) mass is 411 g/mol. The van der Waals surface area contributed by atoms with Gasteiger partial charge in [0.05, 0.1) is 12.8 Å². The lowest BCUT2D eigenvalue weighted by molar-refractivity contribution is -0.136. The van der Waals surface area contributed by atoms with E-state index in [1.54, 1.807) is 42.7 Å². The van der Waals surface area contributed by atoms with Crippen LogP contribution in [0.5, 0.6) is 0 Å². The number of hydrogen-bond donors (Lipinski definition) is 2. The molecule has 1 saturated heterocycles. The van der Waals surface area contributed by atoms with Crippen LogP contribution >= 0.6 is 0 Å². The van der Waals surface area contributed by atoms with Crippen LogP contribution in [-0.4, -0.2) is 41.8 Å². The van der Waals surface area contributed by atoms with Gasteiger partial charge in [-0.2, -0.15) is 0 Å². The molecule has 2 N–H and O–H groups in total. The van der Waals surface area contributed by atoms with Gasteiger partial charge in [-0.15, -0.1) is 0 Å². The number of rotatable bonds is 7. The van der Waals surface area contributed by atoms with E-state index in [0.29, 0.717) is 37.3 Å². The van der Waals surface area contributed by atoms with Crippen LogP contribution in [0.4, 0.5) is 0 Å². The van der Waals surface area contributed by atoms with Crippen molar-refractivity contribution in [3.63, 3.8) is 0 Å². The fraction of sp³-hybridized carbons (Fsp3) is 0.435. The fourth-order valence-corrected chi connectivity index (χ4v) is 3.73. The third-order valence-corrected chi connectivity index (χ3v) is 5.44. The summed E-state index contributed by atoms with van der Waals surface area (Å²) in [5, 5.41) is 5.78. The first kappa shape index (κ1) is 21.6. The van der Waals surface area contributed by atoms with Crippen molar-refractivity contribution in [3.8, 4) is 0 Å². The number of furan rings is 1. The van der Waals surface area contributed by atoms with Crippen molar-refractivity contribution >= 4 is 17.7 Å². The molecule has 1 aliphatic rings. The standard InChI is InChI=1S/C23H29N3O4/c1-16(2)23(29)26-12-10-17(11-13-26)20(22(28)24-15-19-9-6-14-30-19)25-21(27)18-7-4-3-5-8-18/h3-9,14,16-17,20H,10-13,15H2,1-2H3,(H,24,28)(H,25,27)/t20-/m1/s1. The number of hydrogen-bond acceptors (Lipinski definition) is 4. The maximum atomic E-state index is 13.0. The Balaban J connectivity index is 1.68. The van der Waals surface area contributed by atoms with Gasteiger partial charge in [-0.1, -0.05) is 32.0 Å². The van der Waals surface area contributed by atoms with E-state index in [1.165, 1.54) is 0 Å². The number of carbonyl (C=O) groups excluding carboxylic acids is 3. The molecule has 3 rings (SSSR count). The Morgan fingerprint density at radius 1 is 1.07 bits per heavy atom. The minimum atomic E-state index is -0.677. The molecule has 0 bridgehead atoms. The molecule has 1 aliphatic heterocycles. The van der Waals surface area contributed by atoms with E-state index in [1.807, 2.05) is 24.8 Å². The van der Waals surface area contributed by atoms with E-state index in [9.17, 15) is 14.4 Å². The highest BCUT2D eigenvalue weighted by Crippen LogP contribution is 2.23. The Hall–Kier alpha value is -3.09. The molecule has 7 heteroatoms. The number of amides is 3. The Bertz CT molecular complexity index is 841. The predicted octanol–water partition coefficient (Wildman–Crippen LogP) is 2.59. The summed E-state index contributed by atoms with van der Waals surface area (Å²) in [6.07, 6.45) is 2.87. The van der Waals surface area contributed by atoms with Gasteiger partial charge >= 0.3 is 0 Å². The Morgan fingerprint density at radius 2 is 1.77 bits per heavy atom. The van der Waals surface area contributed by atoms with E-state index in [0.717, 1.165) is 0 Å². The van der Waals surface area contributed by atoms with Crippen LogP contribution in [-0.2, 0) is 16.1 Å². The lowest BCUT2D eigenvalue weighted by Gasteiger charge is -2.36. The molecule has 7 nitrogen and oxygen atoms in total. The molecule has 0 unspecified atom stereocenters. The molecule has 3 amide bonds. The summed E-state index contributed by atoms with van der Waals surface area (Å²) < 4.78 is 5.28.